The number of nitrogens with one attached hydrogen (secondary N) is 1. The monoisotopic (exact) mass is 282 g/mol. The number of tetrazole rings is 1. The van der Waals surface area contributed by atoms with E-state index in [1.54, 1.807) is 0 Å². The van der Waals surface area contributed by atoms with Crippen LogP contribution in [-0.4, -0.2) is 38.6 Å². The van der Waals surface area contributed by atoms with Gasteiger partial charge in [-0.3, -0.25) is 14.4 Å². The predicted molar refractivity (Wildman–Crippen MR) is 64.4 cm³/mol. The van der Waals surface area contributed by atoms with E-state index in [0.29, 0.717) is 5.82 Å². The SMILES string of the molecule is NC(=O)CONC(=O)Cn1nnc(-c2cccs2)n1. The molecule has 2 amide bonds. The predicted octanol–water partition coefficient (Wildman–Crippen LogP) is -1.07. The molecule has 0 saturated carbocycles. The molecule has 0 aliphatic rings. The van der Waals surface area contributed by atoms with Gasteiger partial charge in [-0.15, -0.1) is 21.5 Å². The molecule has 0 aromatic carbocycles. The summed E-state index contributed by atoms with van der Waals surface area (Å²) in [6.07, 6.45) is 0. The maximum atomic E-state index is 11.4. The van der Waals surface area contributed by atoms with E-state index >= 15 is 0 Å². The number of aromatic nitrogens is 4. The maximum Gasteiger partial charge on any atom is 0.267 e. The van der Waals surface area contributed by atoms with Crippen molar-refractivity contribution >= 4 is 23.2 Å². The topological polar surface area (TPSA) is 125 Å². The summed E-state index contributed by atoms with van der Waals surface area (Å²) in [7, 11) is 0. The summed E-state index contributed by atoms with van der Waals surface area (Å²) in [5.74, 6) is -0.753. The molecular weight excluding hydrogens is 272 g/mol. The number of primary amides is 1. The molecule has 10 heteroatoms. The van der Waals surface area contributed by atoms with Gasteiger partial charge < -0.3 is 5.73 Å². The van der Waals surface area contributed by atoms with Crippen LogP contribution in [0.4, 0.5) is 0 Å². The van der Waals surface area contributed by atoms with Crippen molar-refractivity contribution in [3.05, 3.63) is 17.5 Å². The van der Waals surface area contributed by atoms with Crippen LogP contribution in [0, 0.1) is 0 Å². The zero-order valence-electron chi connectivity index (χ0n) is 9.65. The molecule has 9 nitrogen and oxygen atoms in total. The number of hydrogen-bond donors (Lipinski definition) is 2. The lowest BCUT2D eigenvalue weighted by molar-refractivity contribution is -0.138. The highest BCUT2D eigenvalue weighted by Gasteiger charge is 2.10. The highest BCUT2D eigenvalue weighted by Crippen LogP contribution is 2.19. The van der Waals surface area contributed by atoms with Gasteiger partial charge in [-0.25, -0.2) is 5.48 Å². The van der Waals surface area contributed by atoms with Gasteiger partial charge in [0.2, 0.25) is 11.7 Å². The number of carbonyl (C=O) groups is 2. The summed E-state index contributed by atoms with van der Waals surface area (Å²) in [6, 6.07) is 3.72. The molecule has 2 rings (SSSR count). The molecule has 0 fully saturated rings. The third kappa shape index (κ3) is 3.82. The molecule has 2 aromatic rings. The van der Waals surface area contributed by atoms with E-state index < -0.39 is 18.4 Å². The summed E-state index contributed by atoms with van der Waals surface area (Å²) >= 11 is 1.47. The third-order valence-electron chi connectivity index (χ3n) is 1.88. The van der Waals surface area contributed by atoms with Crippen LogP contribution in [-0.2, 0) is 21.0 Å². The third-order valence-corrected chi connectivity index (χ3v) is 2.75. The van der Waals surface area contributed by atoms with Gasteiger partial charge in [-0.2, -0.15) is 4.80 Å². The Morgan fingerprint density at radius 3 is 3.05 bits per heavy atom. The van der Waals surface area contributed by atoms with Crippen LogP contribution in [0.1, 0.15) is 0 Å². The van der Waals surface area contributed by atoms with Crippen LogP contribution in [0.15, 0.2) is 17.5 Å². The van der Waals surface area contributed by atoms with Crippen molar-refractivity contribution in [1.29, 1.82) is 0 Å². The van der Waals surface area contributed by atoms with Crippen LogP contribution in [0.5, 0.6) is 0 Å². The Bertz CT molecular complexity index is 566. The van der Waals surface area contributed by atoms with Crippen LogP contribution in [0.2, 0.25) is 0 Å². The Hall–Kier alpha value is -2.33. The second kappa shape index (κ2) is 6.02. The molecule has 0 bridgehead atoms. The largest absolute Gasteiger partial charge is 0.368 e. The van der Waals surface area contributed by atoms with Gasteiger partial charge in [0.1, 0.15) is 6.54 Å². The number of amides is 2. The van der Waals surface area contributed by atoms with Crippen molar-refractivity contribution in [2.75, 3.05) is 6.61 Å². The van der Waals surface area contributed by atoms with Gasteiger partial charge in [-0.1, -0.05) is 6.07 Å². The van der Waals surface area contributed by atoms with E-state index in [1.165, 1.54) is 11.3 Å². The Labute approximate surface area is 111 Å². The minimum atomic E-state index is -0.681. The fraction of sp³-hybridized carbons (Fsp3) is 0.222. The molecule has 0 spiro atoms. The van der Waals surface area contributed by atoms with Crippen molar-refractivity contribution in [3.63, 3.8) is 0 Å². The average Bonchev–Trinajstić information content (AvgIpc) is 2.97. The minimum absolute atomic E-state index is 0.170. The van der Waals surface area contributed by atoms with Gasteiger partial charge in [-0.05, 0) is 16.7 Å². The fourth-order valence-electron chi connectivity index (χ4n) is 1.16. The summed E-state index contributed by atoms with van der Waals surface area (Å²) in [5, 5.41) is 13.5. The van der Waals surface area contributed by atoms with E-state index in [4.69, 9.17) is 5.73 Å². The van der Waals surface area contributed by atoms with E-state index in [2.05, 4.69) is 20.2 Å². The Morgan fingerprint density at radius 2 is 2.37 bits per heavy atom. The molecule has 0 saturated heterocycles. The Morgan fingerprint density at radius 1 is 1.53 bits per heavy atom. The van der Waals surface area contributed by atoms with E-state index in [-0.39, 0.29) is 6.54 Å². The number of hydroxylamine groups is 1. The summed E-state index contributed by atoms with van der Waals surface area (Å²) in [4.78, 5) is 28.3. The van der Waals surface area contributed by atoms with E-state index in [1.807, 2.05) is 23.0 Å². The van der Waals surface area contributed by atoms with E-state index in [0.717, 1.165) is 9.67 Å². The average molecular weight is 282 g/mol. The summed E-state index contributed by atoms with van der Waals surface area (Å²) < 4.78 is 0. The lowest BCUT2D eigenvalue weighted by atomic mass is 10.5. The van der Waals surface area contributed by atoms with E-state index in [9.17, 15) is 9.59 Å². The maximum absolute atomic E-state index is 11.4. The molecule has 0 radical (unpaired) electrons. The van der Waals surface area contributed by atoms with Gasteiger partial charge >= 0.3 is 0 Å². The first-order valence-electron chi connectivity index (χ1n) is 5.16. The first kappa shape index (κ1) is 13.1. The molecule has 100 valence electrons. The smallest absolute Gasteiger partial charge is 0.267 e. The normalized spacial score (nSPS) is 10.3. The number of nitrogens with two attached hydrogens (primary N) is 1. The standard InChI is InChI=1S/C9H10N6O3S/c10-7(16)5-18-13-8(17)4-15-12-9(11-14-15)6-2-1-3-19-6/h1-3H,4-5H2,(H2,10,16)(H,13,17). The first-order valence-corrected chi connectivity index (χ1v) is 6.04. The zero-order chi connectivity index (χ0) is 13.7. The number of hydrogen-bond acceptors (Lipinski definition) is 7. The van der Waals surface area contributed by atoms with Crippen LogP contribution in [0.3, 0.4) is 0 Å². The summed E-state index contributed by atoms with van der Waals surface area (Å²) in [5.41, 5.74) is 6.88. The molecular formula is C9H10N6O3S. The molecule has 3 N–H and O–H groups in total. The highest BCUT2D eigenvalue weighted by atomic mass is 32.1. The zero-order valence-corrected chi connectivity index (χ0v) is 10.5. The summed E-state index contributed by atoms with van der Waals surface area (Å²) in [6.45, 7) is -0.561. The van der Waals surface area contributed by atoms with Gasteiger partial charge in [0.05, 0.1) is 4.88 Å². The molecule has 0 aliphatic carbocycles. The molecule has 0 aliphatic heterocycles. The van der Waals surface area contributed by atoms with Crippen molar-refractivity contribution in [1.82, 2.24) is 25.7 Å². The van der Waals surface area contributed by atoms with Crippen LogP contribution < -0.4 is 11.2 Å². The molecule has 19 heavy (non-hydrogen) atoms. The fourth-order valence-corrected chi connectivity index (χ4v) is 1.81. The molecule has 0 atom stereocenters. The first-order chi connectivity index (χ1) is 9.15. The van der Waals surface area contributed by atoms with Gasteiger partial charge in [0, 0.05) is 0 Å². The molecule has 2 heterocycles. The van der Waals surface area contributed by atoms with Crippen molar-refractivity contribution < 1.29 is 14.4 Å². The number of thiophene rings is 1. The lowest BCUT2D eigenvalue weighted by Gasteiger charge is -2.02. The molecule has 2 aromatic heterocycles. The Balaban J connectivity index is 1.86. The van der Waals surface area contributed by atoms with Gasteiger partial charge in [0.15, 0.2) is 6.61 Å². The van der Waals surface area contributed by atoms with Crippen LogP contribution >= 0.6 is 11.3 Å². The number of carbonyl (C=O) groups excluding carboxylic acids is 2. The minimum Gasteiger partial charge on any atom is -0.368 e. The van der Waals surface area contributed by atoms with Crippen molar-refractivity contribution in [2.24, 2.45) is 5.73 Å². The highest BCUT2D eigenvalue weighted by molar-refractivity contribution is 7.13. The number of nitrogens with zero attached hydrogens (tertiary/aromatic N) is 4. The quantitative estimate of drug-likeness (QED) is 0.650. The Kier molecular flexibility index (Phi) is 4.15. The lowest BCUT2D eigenvalue weighted by Crippen LogP contribution is -2.32. The van der Waals surface area contributed by atoms with Crippen molar-refractivity contribution in [2.45, 2.75) is 6.54 Å². The van der Waals surface area contributed by atoms with Crippen LogP contribution in [0.25, 0.3) is 10.7 Å². The second-order valence-electron chi connectivity index (χ2n) is 3.40. The van der Waals surface area contributed by atoms with Gasteiger partial charge in [0.25, 0.3) is 5.91 Å². The van der Waals surface area contributed by atoms with Crippen molar-refractivity contribution in [3.8, 4) is 10.7 Å². The second-order valence-corrected chi connectivity index (χ2v) is 4.35. The number of rotatable bonds is 6. The molecule has 0 unspecified atom stereocenters.